The second-order valence-electron chi connectivity index (χ2n) is 17.2. The normalized spacial score (nSPS) is 37.2. The number of esters is 1. The van der Waals surface area contributed by atoms with E-state index in [-0.39, 0.29) is 54.0 Å². The third-order valence-corrected chi connectivity index (χ3v) is 16.8. The highest BCUT2D eigenvalue weighted by atomic mass is 33.1. The van der Waals surface area contributed by atoms with Gasteiger partial charge in [-0.2, -0.15) is 0 Å². The van der Waals surface area contributed by atoms with Gasteiger partial charge in [-0.05, 0) is 55.9 Å². The van der Waals surface area contributed by atoms with Gasteiger partial charge in [-0.15, -0.1) is 0 Å². The molecular formula is C41H62N2O13S2. The average Bonchev–Trinajstić information content (AvgIpc) is 4.15. The lowest BCUT2D eigenvalue weighted by Crippen LogP contribution is -2.70. The molecule has 2 saturated carbocycles. The summed E-state index contributed by atoms with van der Waals surface area (Å²) in [5.41, 5.74) is -0.470. The van der Waals surface area contributed by atoms with E-state index in [4.69, 9.17) is 47.4 Å². The lowest BCUT2D eigenvalue weighted by atomic mass is 9.46. The number of carbonyl (C=O) groups is 3. The van der Waals surface area contributed by atoms with Crippen molar-refractivity contribution in [2.75, 3.05) is 91.5 Å². The molecule has 5 heterocycles. The minimum atomic E-state index is -0.785. The molecule has 2 amide bonds. The van der Waals surface area contributed by atoms with E-state index < -0.39 is 29.0 Å². The molecule has 8 rings (SSSR count). The number of carbonyl (C=O) groups excluding carboxylic acids is 3. The summed E-state index contributed by atoms with van der Waals surface area (Å²) in [6.45, 7) is 11.9. The second-order valence-corrected chi connectivity index (χ2v) is 20.0. The maximum Gasteiger partial charge on any atom is 0.407 e. The number of unbranched alkanes of at least 4 members (excludes halogenated alkanes) is 1. The Morgan fingerprint density at radius 1 is 0.862 bits per heavy atom. The molecule has 58 heavy (non-hydrogen) atoms. The highest BCUT2D eigenvalue weighted by Crippen LogP contribution is 2.83. The minimum Gasteiger partial charge on any atom is -0.458 e. The molecule has 2 spiro atoms. The number of hydrogen-bond donors (Lipinski definition) is 2. The monoisotopic (exact) mass is 854 g/mol. The van der Waals surface area contributed by atoms with Gasteiger partial charge in [0.05, 0.1) is 72.2 Å². The van der Waals surface area contributed by atoms with Crippen LogP contribution in [0.2, 0.25) is 0 Å². The number of hydrogen-bond acceptors (Lipinski definition) is 15. The molecule has 10 atom stereocenters. The van der Waals surface area contributed by atoms with Gasteiger partial charge in [0.25, 0.3) is 0 Å². The first-order valence-corrected chi connectivity index (χ1v) is 23.9. The quantitative estimate of drug-likeness (QED) is 0.0587. The van der Waals surface area contributed by atoms with E-state index in [9.17, 15) is 14.4 Å². The van der Waals surface area contributed by atoms with Crippen molar-refractivity contribution in [2.45, 2.75) is 119 Å². The van der Waals surface area contributed by atoms with E-state index in [2.05, 4.69) is 31.4 Å². The summed E-state index contributed by atoms with van der Waals surface area (Å²) in [4.78, 5) is 37.7. The predicted octanol–water partition coefficient (Wildman–Crippen LogP) is 3.75. The summed E-state index contributed by atoms with van der Waals surface area (Å²) in [6, 6.07) is 0. The van der Waals surface area contributed by atoms with Gasteiger partial charge in [-0.3, -0.25) is 4.79 Å². The smallest absolute Gasteiger partial charge is 0.407 e. The molecule has 5 aliphatic heterocycles. The van der Waals surface area contributed by atoms with E-state index in [1.807, 2.05) is 21.6 Å². The summed E-state index contributed by atoms with van der Waals surface area (Å²) < 4.78 is 59.6. The van der Waals surface area contributed by atoms with Crippen LogP contribution in [-0.2, 0) is 57.0 Å². The van der Waals surface area contributed by atoms with Gasteiger partial charge in [-0.1, -0.05) is 48.8 Å². The van der Waals surface area contributed by atoms with Gasteiger partial charge < -0.3 is 58.0 Å². The van der Waals surface area contributed by atoms with Gasteiger partial charge in [0.1, 0.15) is 30.0 Å². The second kappa shape index (κ2) is 18.4. The average molecular weight is 855 g/mol. The van der Waals surface area contributed by atoms with Crippen molar-refractivity contribution in [1.29, 1.82) is 0 Å². The lowest BCUT2D eigenvalue weighted by molar-refractivity contribution is -0.136. The van der Waals surface area contributed by atoms with E-state index in [1.54, 1.807) is 0 Å². The van der Waals surface area contributed by atoms with Gasteiger partial charge in [0.15, 0.2) is 11.7 Å². The van der Waals surface area contributed by atoms with Crippen LogP contribution in [0.4, 0.5) is 4.79 Å². The third-order valence-electron chi connectivity index (χ3n) is 13.8. The Labute approximate surface area is 349 Å². The molecule has 0 aromatic heterocycles. The Morgan fingerprint density at radius 2 is 1.53 bits per heavy atom. The fraction of sp³-hybridized carbons (Fsp3) is 0.878. The largest absolute Gasteiger partial charge is 0.458 e. The number of fused-ring (bicyclic) bond motifs is 4. The van der Waals surface area contributed by atoms with Gasteiger partial charge in [0.2, 0.25) is 5.91 Å². The number of epoxide rings is 3. The molecular weight excluding hydrogens is 793 g/mol. The van der Waals surface area contributed by atoms with Crippen molar-refractivity contribution < 1.29 is 61.8 Å². The lowest BCUT2D eigenvalue weighted by Gasteiger charge is -2.53. The Kier molecular flexibility index (Phi) is 13.6. The van der Waals surface area contributed by atoms with Crippen molar-refractivity contribution in [1.82, 2.24) is 10.6 Å². The molecule has 8 aliphatic rings. The fourth-order valence-corrected chi connectivity index (χ4v) is 13.8. The Bertz CT molecular complexity index is 1530. The van der Waals surface area contributed by atoms with Crippen molar-refractivity contribution >= 4 is 39.6 Å². The van der Waals surface area contributed by atoms with E-state index in [0.29, 0.717) is 92.1 Å². The van der Waals surface area contributed by atoms with Gasteiger partial charge >= 0.3 is 12.1 Å². The number of rotatable bonds is 25. The Hall–Kier alpha value is -1.67. The summed E-state index contributed by atoms with van der Waals surface area (Å²) in [5, 5.41) is 6.55. The molecule has 0 bridgehead atoms. The number of alkyl carbamates (subject to hydrolysis) is 1. The molecule has 15 nitrogen and oxygen atoms in total. The maximum atomic E-state index is 13.3. The Balaban J connectivity index is 0.638. The minimum absolute atomic E-state index is 0.0817. The van der Waals surface area contributed by atoms with Gasteiger partial charge in [0, 0.05) is 41.5 Å². The van der Waals surface area contributed by atoms with E-state index >= 15 is 0 Å². The highest BCUT2D eigenvalue weighted by molar-refractivity contribution is 8.77. The van der Waals surface area contributed by atoms with Crippen LogP contribution in [0.5, 0.6) is 0 Å². The number of amides is 2. The van der Waals surface area contributed by atoms with Crippen molar-refractivity contribution in [3.8, 4) is 0 Å². The van der Waals surface area contributed by atoms with Gasteiger partial charge in [-0.25, -0.2) is 9.59 Å². The molecule has 17 heteroatoms. The third kappa shape index (κ3) is 8.08. The molecule has 0 aromatic carbocycles. The van der Waals surface area contributed by atoms with Crippen LogP contribution in [0.25, 0.3) is 0 Å². The zero-order valence-electron chi connectivity index (χ0n) is 34.2. The summed E-state index contributed by atoms with van der Waals surface area (Å²) in [5.74, 6) is 1.36. The first-order valence-electron chi connectivity index (χ1n) is 21.5. The molecule has 0 aromatic rings. The maximum absolute atomic E-state index is 13.3. The SMILES string of the molecule is CC(C)C12OC1C1OC13C1(C)CCC4=C(COC4=O)C1CC1OC13C2OC(=O)NCCOCCOCCOCCOCCOCCNC(=O)CCCCC1CCSS1. The molecule has 3 aliphatic carbocycles. The van der Waals surface area contributed by atoms with Crippen LogP contribution >= 0.6 is 21.6 Å². The molecule has 6 fully saturated rings. The van der Waals surface area contributed by atoms with Crippen LogP contribution in [0.15, 0.2) is 11.1 Å². The standard InChI is InChI=1S/C41H62N2O13S2/c1-26(2)39-33(55-39)34-41(56-34)38(3)10-8-28-29(25-52-35(28)45)30(38)24-31-40(41,54-31)36(39)53-37(46)43-12-14-48-16-18-50-20-22-51-21-19-49-17-15-47-13-11-42-32(44)7-5-4-6-27-9-23-57-58-27/h26-27,30-31,33-34,36H,4-25H2,1-3H3,(H,42,44)(H,43,46). The van der Waals surface area contributed by atoms with E-state index in [0.717, 1.165) is 42.1 Å². The highest BCUT2D eigenvalue weighted by Gasteiger charge is 3.01. The van der Waals surface area contributed by atoms with Crippen LogP contribution in [0.3, 0.4) is 0 Å². The zero-order valence-corrected chi connectivity index (χ0v) is 35.9. The molecule has 2 N–H and O–H groups in total. The number of ether oxygens (including phenoxy) is 10. The summed E-state index contributed by atoms with van der Waals surface area (Å²) in [7, 11) is 3.96. The summed E-state index contributed by atoms with van der Waals surface area (Å²) >= 11 is 0. The molecule has 0 radical (unpaired) electrons. The Morgan fingerprint density at radius 3 is 2.19 bits per heavy atom. The first-order chi connectivity index (χ1) is 28.2. The van der Waals surface area contributed by atoms with Crippen LogP contribution in [-0.4, -0.2) is 156 Å². The topological polar surface area (TPSA) is 177 Å². The first kappa shape index (κ1) is 43.0. The molecule has 326 valence electrons. The fourth-order valence-electron chi connectivity index (χ4n) is 10.8. The van der Waals surface area contributed by atoms with Crippen molar-refractivity contribution in [3.05, 3.63) is 11.1 Å². The molecule has 10 unspecified atom stereocenters. The molecule has 4 saturated heterocycles. The number of nitrogens with one attached hydrogen (secondary N) is 2. The van der Waals surface area contributed by atoms with Crippen LogP contribution in [0, 0.1) is 17.3 Å². The van der Waals surface area contributed by atoms with Crippen LogP contribution < -0.4 is 10.6 Å². The number of cyclic esters (lactones) is 1. The van der Waals surface area contributed by atoms with E-state index in [1.165, 1.54) is 18.6 Å². The van der Waals surface area contributed by atoms with Crippen molar-refractivity contribution in [3.63, 3.8) is 0 Å². The zero-order chi connectivity index (χ0) is 40.4. The predicted molar refractivity (Wildman–Crippen MR) is 213 cm³/mol. The summed E-state index contributed by atoms with van der Waals surface area (Å²) in [6.07, 6.45) is 5.70. The van der Waals surface area contributed by atoms with Crippen LogP contribution in [0.1, 0.15) is 72.1 Å². The van der Waals surface area contributed by atoms with Crippen molar-refractivity contribution in [2.24, 2.45) is 17.3 Å².